The van der Waals surface area contributed by atoms with E-state index in [1.807, 2.05) is 6.92 Å². The van der Waals surface area contributed by atoms with E-state index in [-0.39, 0.29) is 5.56 Å². The van der Waals surface area contributed by atoms with Crippen LogP contribution < -0.4 is 16.4 Å². The lowest BCUT2D eigenvalue weighted by Crippen LogP contribution is -2.21. The number of hydrogen-bond donors (Lipinski definition) is 3. The van der Waals surface area contributed by atoms with Crippen LogP contribution in [-0.2, 0) is 6.42 Å². The molecular formula is C14H14FN3O2S. The zero-order valence-corrected chi connectivity index (χ0v) is 12.1. The predicted molar refractivity (Wildman–Crippen MR) is 81.3 cm³/mol. The fraction of sp³-hybridized carbons (Fsp3) is 0.143. The summed E-state index contributed by atoms with van der Waals surface area (Å²) in [5, 5.41) is 5.43. The molecule has 0 unspecified atom stereocenters. The molecule has 0 atom stereocenters. The van der Waals surface area contributed by atoms with E-state index >= 15 is 0 Å². The normalized spacial score (nSPS) is 10.2. The fourth-order valence-electron chi connectivity index (χ4n) is 1.72. The second-order valence-corrected chi connectivity index (χ2v) is 5.40. The van der Waals surface area contributed by atoms with Gasteiger partial charge in [-0.25, -0.2) is 9.18 Å². The molecule has 110 valence electrons. The number of urea groups is 1. The Hall–Kier alpha value is -2.41. The van der Waals surface area contributed by atoms with E-state index < -0.39 is 17.8 Å². The molecule has 0 aliphatic rings. The zero-order valence-electron chi connectivity index (χ0n) is 11.3. The Kier molecular flexibility index (Phi) is 4.54. The number of thiophene rings is 1. The molecule has 4 N–H and O–H groups in total. The highest BCUT2D eigenvalue weighted by Gasteiger charge is 2.15. The summed E-state index contributed by atoms with van der Waals surface area (Å²) in [6.07, 6.45) is 0.734. The third-order valence-corrected chi connectivity index (χ3v) is 3.90. The number of carbonyl (C=O) groups is 2. The summed E-state index contributed by atoms with van der Waals surface area (Å²) in [6.45, 7) is 1.94. The van der Waals surface area contributed by atoms with Crippen molar-refractivity contribution >= 4 is 34.0 Å². The minimum absolute atomic E-state index is 0.270. The van der Waals surface area contributed by atoms with Crippen LogP contribution in [0.15, 0.2) is 30.3 Å². The van der Waals surface area contributed by atoms with Gasteiger partial charge < -0.3 is 11.1 Å². The van der Waals surface area contributed by atoms with Crippen LogP contribution >= 0.6 is 11.3 Å². The molecule has 0 aliphatic heterocycles. The van der Waals surface area contributed by atoms with Crippen LogP contribution in [0.5, 0.6) is 0 Å². The van der Waals surface area contributed by atoms with Crippen LogP contribution in [0.25, 0.3) is 0 Å². The fourth-order valence-corrected chi connectivity index (χ4v) is 2.72. The third kappa shape index (κ3) is 3.79. The van der Waals surface area contributed by atoms with Gasteiger partial charge in [0.2, 0.25) is 0 Å². The quantitative estimate of drug-likeness (QED) is 0.810. The Balaban J connectivity index is 2.12. The Morgan fingerprint density at radius 1 is 1.29 bits per heavy atom. The van der Waals surface area contributed by atoms with Crippen LogP contribution in [0.1, 0.15) is 22.2 Å². The maximum atomic E-state index is 13.0. The summed E-state index contributed by atoms with van der Waals surface area (Å²) in [5.74, 6) is -1.05. The number of hydrogen-bond acceptors (Lipinski definition) is 3. The Labute approximate surface area is 125 Å². The molecule has 1 heterocycles. The Morgan fingerprint density at radius 3 is 2.67 bits per heavy atom. The van der Waals surface area contributed by atoms with Crippen molar-refractivity contribution in [1.82, 2.24) is 0 Å². The number of primary amides is 1. The molecule has 7 heteroatoms. The van der Waals surface area contributed by atoms with Crippen LogP contribution in [-0.4, -0.2) is 11.9 Å². The van der Waals surface area contributed by atoms with Crippen LogP contribution in [0.4, 0.5) is 19.9 Å². The molecule has 21 heavy (non-hydrogen) atoms. The maximum Gasteiger partial charge on any atom is 0.324 e. The SMILES string of the molecule is CCc1cc(C(N)=O)c(NC(=O)Nc2cccc(F)c2)s1. The first kappa shape index (κ1) is 15.0. The van der Waals surface area contributed by atoms with Crippen molar-refractivity contribution in [3.05, 3.63) is 46.6 Å². The van der Waals surface area contributed by atoms with E-state index in [0.717, 1.165) is 11.3 Å². The molecule has 0 bridgehead atoms. The van der Waals surface area contributed by atoms with Crippen molar-refractivity contribution in [2.75, 3.05) is 10.6 Å². The molecule has 0 saturated carbocycles. The molecule has 0 radical (unpaired) electrons. The van der Waals surface area contributed by atoms with Crippen molar-refractivity contribution in [2.24, 2.45) is 5.73 Å². The zero-order chi connectivity index (χ0) is 15.4. The number of aryl methyl sites for hydroxylation is 1. The molecule has 2 rings (SSSR count). The van der Waals surface area contributed by atoms with Crippen LogP contribution in [0.3, 0.4) is 0 Å². The van der Waals surface area contributed by atoms with Gasteiger partial charge in [-0.1, -0.05) is 13.0 Å². The average molecular weight is 307 g/mol. The standard InChI is InChI=1S/C14H14FN3O2S/c1-2-10-7-11(12(16)19)13(21-10)18-14(20)17-9-5-3-4-8(15)6-9/h3-7H,2H2,1H3,(H2,16,19)(H2,17,18,20). The van der Waals surface area contributed by atoms with Gasteiger partial charge >= 0.3 is 6.03 Å². The first-order valence-corrected chi connectivity index (χ1v) is 7.07. The lowest BCUT2D eigenvalue weighted by Gasteiger charge is -2.07. The van der Waals surface area contributed by atoms with E-state index in [4.69, 9.17) is 5.73 Å². The molecule has 0 spiro atoms. The number of nitrogens with one attached hydrogen (secondary N) is 2. The molecule has 2 aromatic rings. The van der Waals surface area contributed by atoms with Crippen molar-refractivity contribution in [2.45, 2.75) is 13.3 Å². The highest BCUT2D eigenvalue weighted by atomic mass is 32.1. The lowest BCUT2D eigenvalue weighted by atomic mass is 10.2. The molecule has 1 aromatic carbocycles. The summed E-state index contributed by atoms with van der Waals surface area (Å²) in [5.41, 5.74) is 5.87. The van der Waals surface area contributed by atoms with E-state index in [9.17, 15) is 14.0 Å². The second-order valence-electron chi connectivity index (χ2n) is 4.26. The van der Waals surface area contributed by atoms with Crippen molar-refractivity contribution < 1.29 is 14.0 Å². The number of amides is 3. The number of nitrogens with two attached hydrogens (primary N) is 1. The van der Waals surface area contributed by atoms with E-state index in [1.54, 1.807) is 12.1 Å². The molecule has 0 saturated heterocycles. The van der Waals surface area contributed by atoms with Gasteiger partial charge in [0.25, 0.3) is 5.91 Å². The summed E-state index contributed by atoms with van der Waals surface area (Å²) >= 11 is 1.28. The van der Waals surface area contributed by atoms with E-state index in [2.05, 4.69) is 10.6 Å². The molecule has 0 fully saturated rings. The molecular weight excluding hydrogens is 293 g/mol. The second kappa shape index (κ2) is 6.36. The highest BCUT2D eigenvalue weighted by molar-refractivity contribution is 7.16. The van der Waals surface area contributed by atoms with Gasteiger partial charge in [-0.05, 0) is 30.7 Å². The predicted octanol–water partition coefficient (Wildman–Crippen LogP) is 3.19. The number of rotatable bonds is 4. The first-order chi connectivity index (χ1) is 9.99. The lowest BCUT2D eigenvalue weighted by molar-refractivity contribution is 0.100. The minimum Gasteiger partial charge on any atom is -0.366 e. The van der Waals surface area contributed by atoms with Gasteiger partial charge in [0.15, 0.2) is 0 Å². The average Bonchev–Trinajstić information content (AvgIpc) is 2.81. The number of anilines is 2. The molecule has 3 amide bonds. The first-order valence-electron chi connectivity index (χ1n) is 6.25. The topological polar surface area (TPSA) is 84.2 Å². The summed E-state index contributed by atoms with van der Waals surface area (Å²) < 4.78 is 13.0. The summed E-state index contributed by atoms with van der Waals surface area (Å²) in [4.78, 5) is 24.2. The molecule has 5 nitrogen and oxygen atoms in total. The third-order valence-electron chi connectivity index (χ3n) is 2.71. The number of benzene rings is 1. The van der Waals surface area contributed by atoms with Gasteiger partial charge in [0, 0.05) is 10.6 Å². The van der Waals surface area contributed by atoms with Crippen molar-refractivity contribution in [1.29, 1.82) is 0 Å². The van der Waals surface area contributed by atoms with Gasteiger partial charge in [-0.3, -0.25) is 10.1 Å². The summed E-state index contributed by atoms with van der Waals surface area (Å²) in [7, 11) is 0. The molecule has 0 aliphatic carbocycles. The van der Waals surface area contributed by atoms with E-state index in [1.165, 1.54) is 29.5 Å². The van der Waals surface area contributed by atoms with Crippen LogP contribution in [0.2, 0.25) is 0 Å². The minimum atomic E-state index is -0.605. The van der Waals surface area contributed by atoms with Gasteiger partial charge in [0.1, 0.15) is 10.8 Å². The van der Waals surface area contributed by atoms with Gasteiger partial charge in [0.05, 0.1) is 5.56 Å². The number of halogens is 1. The van der Waals surface area contributed by atoms with Gasteiger partial charge in [-0.15, -0.1) is 11.3 Å². The van der Waals surface area contributed by atoms with Crippen molar-refractivity contribution in [3.8, 4) is 0 Å². The van der Waals surface area contributed by atoms with E-state index in [0.29, 0.717) is 10.7 Å². The summed E-state index contributed by atoms with van der Waals surface area (Å²) in [6, 6.07) is 6.61. The van der Waals surface area contributed by atoms with Gasteiger partial charge in [-0.2, -0.15) is 0 Å². The maximum absolute atomic E-state index is 13.0. The largest absolute Gasteiger partial charge is 0.366 e. The Bertz CT molecular complexity index is 685. The number of carbonyl (C=O) groups excluding carboxylic acids is 2. The Morgan fingerprint density at radius 2 is 2.05 bits per heavy atom. The smallest absolute Gasteiger partial charge is 0.324 e. The molecule has 1 aromatic heterocycles. The monoisotopic (exact) mass is 307 g/mol. The van der Waals surface area contributed by atoms with Crippen molar-refractivity contribution in [3.63, 3.8) is 0 Å². The highest BCUT2D eigenvalue weighted by Crippen LogP contribution is 2.28. The van der Waals surface area contributed by atoms with Crippen LogP contribution in [0, 0.1) is 5.82 Å².